The largest absolute Gasteiger partial charge is 0.393 e. The highest BCUT2D eigenvalue weighted by atomic mass is 16.5. The summed E-state index contributed by atoms with van der Waals surface area (Å²) in [7, 11) is 0. The molecule has 38 heavy (non-hydrogen) atoms. The van der Waals surface area contributed by atoms with Crippen molar-refractivity contribution in [1.82, 2.24) is 20.2 Å². The number of hydrogen-bond acceptors (Lipinski definition) is 10. The van der Waals surface area contributed by atoms with E-state index in [1.54, 1.807) is 0 Å². The number of anilines is 4. The first-order chi connectivity index (χ1) is 18.5. The lowest BCUT2D eigenvalue weighted by molar-refractivity contribution is 0.0732. The maximum absolute atomic E-state index is 9.88. The van der Waals surface area contributed by atoms with Crippen molar-refractivity contribution in [3.8, 4) is 6.07 Å². The summed E-state index contributed by atoms with van der Waals surface area (Å²) in [5.74, 6) is 1.58. The second-order valence-corrected chi connectivity index (χ2v) is 11.3. The maximum Gasteiger partial charge on any atom is 0.183 e. The highest BCUT2D eigenvalue weighted by Crippen LogP contribution is 2.44. The van der Waals surface area contributed by atoms with Gasteiger partial charge in [-0.3, -0.25) is 5.10 Å². The zero-order valence-corrected chi connectivity index (χ0v) is 21.5. The molecule has 2 saturated heterocycles. The standard InChI is InChI=1S/C27H33N9O2/c1-16-24(29)27(15-38-16)4-6-34(7-5-27)22-14-30-23-25(31-22)32-33-26(23)36-9-8-35(18-11-19(37)12-18)21-10-17(13-28)2-3-20(21)36/h2-3,10,14,16,18-19,24,37H,4-9,11-12,15,29H2,1H3,(H,31,32,33)/t16-,18?,19?,24+/m0/s1. The van der Waals surface area contributed by atoms with Crippen LogP contribution in [-0.2, 0) is 4.74 Å². The van der Waals surface area contributed by atoms with Crippen LogP contribution in [0, 0.1) is 16.7 Å². The topological polar surface area (TPSA) is 143 Å². The van der Waals surface area contributed by atoms with E-state index in [2.05, 4.69) is 37.9 Å². The number of aliphatic hydroxyl groups excluding tert-OH is 1. The molecule has 1 spiro atoms. The van der Waals surface area contributed by atoms with E-state index in [-0.39, 0.29) is 29.7 Å². The number of aromatic nitrogens is 4. The number of fused-ring (bicyclic) bond motifs is 2. The summed E-state index contributed by atoms with van der Waals surface area (Å²) in [5.41, 5.74) is 10.5. The zero-order valence-electron chi connectivity index (χ0n) is 21.5. The molecule has 7 rings (SSSR count). The molecule has 11 heteroatoms. The number of aromatic amines is 1. The van der Waals surface area contributed by atoms with Gasteiger partial charge in [0.25, 0.3) is 0 Å². The average molecular weight is 516 g/mol. The predicted octanol–water partition coefficient (Wildman–Crippen LogP) is 2.04. The highest BCUT2D eigenvalue weighted by Gasteiger charge is 2.47. The van der Waals surface area contributed by atoms with Gasteiger partial charge in [0.05, 0.1) is 48.0 Å². The molecule has 3 fully saturated rings. The number of benzene rings is 1. The number of hydrogen-bond donors (Lipinski definition) is 3. The van der Waals surface area contributed by atoms with Crippen molar-refractivity contribution in [3.63, 3.8) is 0 Å². The number of rotatable bonds is 3. The minimum atomic E-state index is -0.238. The fourth-order valence-electron chi connectivity index (χ4n) is 6.69. The summed E-state index contributed by atoms with van der Waals surface area (Å²) in [5, 5.41) is 27.1. The Morgan fingerprint density at radius 2 is 2.00 bits per heavy atom. The van der Waals surface area contributed by atoms with Gasteiger partial charge in [-0.1, -0.05) is 0 Å². The number of nitrogens with zero attached hydrogens (tertiary/aromatic N) is 7. The fourth-order valence-corrected chi connectivity index (χ4v) is 6.69. The van der Waals surface area contributed by atoms with Crippen LogP contribution in [0.2, 0.25) is 0 Å². The van der Waals surface area contributed by atoms with Crippen molar-refractivity contribution in [2.75, 3.05) is 47.5 Å². The van der Waals surface area contributed by atoms with E-state index in [1.165, 1.54) is 0 Å². The molecule has 0 bridgehead atoms. The van der Waals surface area contributed by atoms with Crippen molar-refractivity contribution >= 4 is 34.2 Å². The Labute approximate surface area is 221 Å². The van der Waals surface area contributed by atoms with Crippen molar-refractivity contribution in [1.29, 1.82) is 5.26 Å². The maximum atomic E-state index is 9.88. The molecule has 2 atom stereocenters. The fraction of sp³-hybridized carbons (Fsp3) is 0.556. The summed E-state index contributed by atoms with van der Waals surface area (Å²) in [6.07, 6.45) is 5.19. The Morgan fingerprint density at radius 3 is 2.71 bits per heavy atom. The van der Waals surface area contributed by atoms with Crippen LogP contribution >= 0.6 is 0 Å². The molecule has 1 aliphatic carbocycles. The molecule has 1 aromatic carbocycles. The summed E-state index contributed by atoms with van der Waals surface area (Å²) in [6, 6.07) is 8.40. The SMILES string of the molecule is C[C@@H]1OCC2(CCN(c3cnc4c(N5CCN(C6CC(O)C6)c6cc(C#N)ccc65)n[nH]c4n3)CC2)[C@@H]1N. The van der Waals surface area contributed by atoms with Crippen molar-refractivity contribution in [2.45, 2.75) is 56.9 Å². The van der Waals surface area contributed by atoms with Gasteiger partial charge >= 0.3 is 0 Å². The van der Waals surface area contributed by atoms with Crippen LogP contribution in [0.25, 0.3) is 11.2 Å². The van der Waals surface area contributed by atoms with E-state index in [1.807, 2.05) is 24.4 Å². The van der Waals surface area contributed by atoms with Crippen LogP contribution in [0.15, 0.2) is 24.4 Å². The Morgan fingerprint density at radius 1 is 1.18 bits per heavy atom. The van der Waals surface area contributed by atoms with Gasteiger partial charge in [-0.2, -0.15) is 10.4 Å². The number of ether oxygens (including phenoxy) is 1. The van der Waals surface area contributed by atoms with Gasteiger partial charge in [-0.05, 0) is 50.8 Å². The van der Waals surface area contributed by atoms with Gasteiger partial charge in [0.1, 0.15) is 5.82 Å². The first-order valence-electron chi connectivity index (χ1n) is 13.6. The number of nitriles is 1. The third-order valence-corrected chi connectivity index (χ3v) is 9.22. The third-order valence-electron chi connectivity index (χ3n) is 9.22. The lowest BCUT2D eigenvalue weighted by Crippen LogP contribution is -2.52. The molecule has 0 radical (unpaired) electrons. The Bertz CT molecular complexity index is 1400. The summed E-state index contributed by atoms with van der Waals surface area (Å²) >= 11 is 0. The number of aliphatic hydroxyl groups is 1. The number of nitrogens with two attached hydrogens (primary N) is 1. The molecule has 198 valence electrons. The van der Waals surface area contributed by atoms with E-state index >= 15 is 0 Å². The van der Waals surface area contributed by atoms with Crippen LogP contribution in [0.1, 0.15) is 38.2 Å². The Balaban J connectivity index is 1.15. The van der Waals surface area contributed by atoms with E-state index < -0.39 is 0 Å². The summed E-state index contributed by atoms with van der Waals surface area (Å²) in [4.78, 5) is 16.5. The van der Waals surface area contributed by atoms with E-state index in [0.29, 0.717) is 11.2 Å². The van der Waals surface area contributed by atoms with Crippen molar-refractivity contribution in [3.05, 3.63) is 30.0 Å². The smallest absolute Gasteiger partial charge is 0.183 e. The normalized spacial score (nSPS) is 28.4. The Hall–Kier alpha value is -3.46. The van der Waals surface area contributed by atoms with Gasteiger partial charge in [-0.25, -0.2) is 9.97 Å². The number of nitrogens with one attached hydrogen (secondary N) is 1. The molecule has 1 saturated carbocycles. The molecule has 4 N–H and O–H groups in total. The second-order valence-electron chi connectivity index (χ2n) is 11.3. The quantitative estimate of drug-likeness (QED) is 0.474. The van der Waals surface area contributed by atoms with Crippen molar-refractivity contribution in [2.24, 2.45) is 11.1 Å². The van der Waals surface area contributed by atoms with Crippen LogP contribution in [-0.4, -0.2) is 82.3 Å². The lowest BCUT2D eigenvalue weighted by Gasteiger charge is -2.47. The number of H-pyrrole nitrogens is 1. The minimum absolute atomic E-state index is 0.0626. The minimum Gasteiger partial charge on any atom is -0.393 e. The third kappa shape index (κ3) is 3.62. The molecule has 2 aromatic heterocycles. The molecule has 11 nitrogen and oxygen atoms in total. The summed E-state index contributed by atoms with van der Waals surface area (Å²) in [6.45, 7) is 6.06. The van der Waals surface area contributed by atoms with Gasteiger partial charge in [-0.15, -0.1) is 0 Å². The zero-order chi connectivity index (χ0) is 26.0. The van der Waals surface area contributed by atoms with E-state index in [9.17, 15) is 10.4 Å². The van der Waals surface area contributed by atoms with Crippen LogP contribution < -0.4 is 20.4 Å². The summed E-state index contributed by atoms with van der Waals surface area (Å²) < 4.78 is 5.87. The van der Waals surface area contributed by atoms with Gasteiger partial charge in [0.15, 0.2) is 17.0 Å². The van der Waals surface area contributed by atoms with Crippen molar-refractivity contribution < 1.29 is 9.84 Å². The molecule has 0 unspecified atom stereocenters. The molecule has 4 aliphatic rings. The van der Waals surface area contributed by atoms with Gasteiger partial charge in [0.2, 0.25) is 0 Å². The lowest BCUT2D eigenvalue weighted by atomic mass is 9.73. The molecular formula is C27H33N9O2. The number of piperidine rings is 1. The highest BCUT2D eigenvalue weighted by molar-refractivity contribution is 5.90. The molecular weight excluding hydrogens is 482 g/mol. The second kappa shape index (κ2) is 8.80. The van der Waals surface area contributed by atoms with Gasteiger partial charge < -0.3 is 30.3 Å². The molecule has 3 aliphatic heterocycles. The molecule has 0 amide bonds. The average Bonchev–Trinajstić information content (AvgIpc) is 3.47. The van der Waals surface area contributed by atoms with E-state index in [4.69, 9.17) is 20.4 Å². The van der Waals surface area contributed by atoms with E-state index in [0.717, 1.165) is 87.0 Å². The molecule has 3 aromatic rings. The Kier molecular flexibility index (Phi) is 5.47. The van der Waals surface area contributed by atoms with Crippen LogP contribution in [0.5, 0.6) is 0 Å². The first-order valence-corrected chi connectivity index (χ1v) is 13.6. The van der Waals surface area contributed by atoms with Crippen LogP contribution in [0.3, 0.4) is 0 Å². The molecule has 5 heterocycles. The monoisotopic (exact) mass is 515 g/mol. The first kappa shape index (κ1) is 23.6. The van der Waals surface area contributed by atoms with Gasteiger partial charge in [0, 0.05) is 43.7 Å². The predicted molar refractivity (Wildman–Crippen MR) is 143 cm³/mol. The van der Waals surface area contributed by atoms with Crippen LogP contribution in [0.4, 0.5) is 23.0 Å².